The first-order valence-electron chi connectivity index (χ1n) is 11.8. The molecule has 2 aliphatic rings. The monoisotopic (exact) mass is 533 g/mol. The summed E-state index contributed by atoms with van der Waals surface area (Å²) in [7, 11) is 0. The number of carboxylic acids is 1. The molecule has 1 aliphatic heterocycles. The number of nitrogens with zero attached hydrogens (tertiary/aromatic N) is 3. The van der Waals surface area contributed by atoms with Crippen LogP contribution < -0.4 is 10.3 Å². The van der Waals surface area contributed by atoms with Gasteiger partial charge in [0, 0.05) is 50.2 Å². The third kappa shape index (κ3) is 5.04. The van der Waals surface area contributed by atoms with Crippen LogP contribution in [0.1, 0.15) is 40.4 Å². The fraction of sp³-hybridized carbons (Fsp3) is 0.346. The van der Waals surface area contributed by atoms with Crippen molar-refractivity contribution in [3.8, 4) is 0 Å². The quantitative estimate of drug-likeness (QED) is 0.373. The average molecular weight is 534 g/mol. The average Bonchev–Trinajstić information content (AvgIpc) is 3.69. The standard InChI is InChI=1S/C26H23F4N3O3S/c27-20-12-18-21(33(17-4-5-17)14-19(24(18)34)25(35)36)13-22(20)31-6-8-32(9-7-31)23(37)11-15-2-1-3-16(10-15)26(28,29)30/h1-3,10,12-14,17H,4-9,11H2,(H,35,36). The van der Waals surface area contributed by atoms with Crippen molar-refractivity contribution in [2.24, 2.45) is 0 Å². The molecule has 1 N–H and O–H groups in total. The van der Waals surface area contributed by atoms with Crippen molar-refractivity contribution in [1.82, 2.24) is 9.47 Å². The van der Waals surface area contributed by atoms with Crippen LogP contribution in [0, 0.1) is 5.82 Å². The Hall–Kier alpha value is -3.47. The van der Waals surface area contributed by atoms with E-state index in [2.05, 4.69) is 0 Å². The Morgan fingerprint density at radius 3 is 2.41 bits per heavy atom. The number of hydrogen-bond donors (Lipinski definition) is 1. The maximum absolute atomic E-state index is 15.2. The molecule has 1 saturated carbocycles. The van der Waals surface area contributed by atoms with Gasteiger partial charge in [0.05, 0.1) is 21.8 Å². The number of thiocarbonyl (C=S) groups is 1. The number of fused-ring (bicyclic) bond motifs is 1. The van der Waals surface area contributed by atoms with Crippen LogP contribution in [0.25, 0.3) is 10.9 Å². The topological polar surface area (TPSA) is 65.8 Å². The lowest BCUT2D eigenvalue weighted by Gasteiger charge is -2.37. The number of aromatic carboxylic acids is 1. The van der Waals surface area contributed by atoms with Gasteiger partial charge in [0.1, 0.15) is 11.4 Å². The number of alkyl halides is 3. The van der Waals surface area contributed by atoms with Crippen molar-refractivity contribution < 1.29 is 27.5 Å². The van der Waals surface area contributed by atoms with E-state index in [0.29, 0.717) is 47.9 Å². The Morgan fingerprint density at radius 1 is 1.08 bits per heavy atom. The number of rotatable bonds is 5. The molecule has 0 spiro atoms. The summed E-state index contributed by atoms with van der Waals surface area (Å²) in [6, 6.07) is 7.88. The molecule has 0 bridgehead atoms. The Labute approximate surface area is 214 Å². The van der Waals surface area contributed by atoms with Crippen molar-refractivity contribution in [3.05, 3.63) is 75.3 Å². The van der Waals surface area contributed by atoms with Crippen molar-refractivity contribution >= 4 is 39.8 Å². The molecule has 1 aromatic heterocycles. The van der Waals surface area contributed by atoms with Crippen LogP contribution in [-0.4, -0.2) is 51.7 Å². The van der Waals surface area contributed by atoms with E-state index in [0.717, 1.165) is 31.0 Å². The van der Waals surface area contributed by atoms with Crippen LogP contribution in [0.4, 0.5) is 23.2 Å². The van der Waals surface area contributed by atoms with Crippen LogP contribution in [0.3, 0.4) is 0 Å². The number of carboxylic acid groups (broad SMARTS) is 1. The number of hydrogen-bond acceptors (Lipinski definition) is 4. The van der Waals surface area contributed by atoms with Gasteiger partial charge in [-0.15, -0.1) is 0 Å². The largest absolute Gasteiger partial charge is 0.477 e. The van der Waals surface area contributed by atoms with Gasteiger partial charge in [-0.05, 0) is 36.6 Å². The summed E-state index contributed by atoms with van der Waals surface area (Å²) in [5.74, 6) is -1.96. The van der Waals surface area contributed by atoms with Gasteiger partial charge in [0.25, 0.3) is 0 Å². The van der Waals surface area contributed by atoms with Crippen molar-refractivity contribution in [3.63, 3.8) is 0 Å². The fourth-order valence-electron chi connectivity index (χ4n) is 4.75. The molecule has 5 rings (SSSR count). The second-order valence-corrected chi connectivity index (χ2v) is 9.85. The minimum atomic E-state index is -4.42. The van der Waals surface area contributed by atoms with E-state index in [1.807, 2.05) is 9.80 Å². The molecule has 37 heavy (non-hydrogen) atoms. The van der Waals surface area contributed by atoms with E-state index in [-0.39, 0.29) is 23.4 Å². The van der Waals surface area contributed by atoms with Crippen LogP contribution in [-0.2, 0) is 12.6 Å². The summed E-state index contributed by atoms with van der Waals surface area (Å²) in [6.07, 6.45) is -1.18. The van der Waals surface area contributed by atoms with Crippen molar-refractivity contribution in [2.45, 2.75) is 31.5 Å². The zero-order valence-corrected chi connectivity index (χ0v) is 20.4. The molecule has 194 valence electrons. The first kappa shape index (κ1) is 25.2. The molecule has 2 heterocycles. The van der Waals surface area contributed by atoms with Crippen LogP contribution in [0.15, 0.2) is 47.4 Å². The SMILES string of the molecule is O=C(O)c1cn(C2CC2)c2cc(N3CCN(C(=S)Cc4cccc(C(F)(F)F)c4)CC3)c(F)cc2c1=O. The second kappa shape index (κ2) is 9.44. The normalized spacial score (nSPS) is 16.3. The highest BCUT2D eigenvalue weighted by atomic mass is 32.1. The smallest absolute Gasteiger partial charge is 0.416 e. The summed E-state index contributed by atoms with van der Waals surface area (Å²) in [5, 5.41) is 9.45. The minimum absolute atomic E-state index is 0.0361. The second-order valence-electron chi connectivity index (χ2n) is 9.38. The molecule has 0 unspecified atom stereocenters. The van der Waals surface area contributed by atoms with Gasteiger partial charge in [-0.2, -0.15) is 13.2 Å². The Kier molecular flexibility index (Phi) is 6.43. The van der Waals surface area contributed by atoms with Crippen LogP contribution in [0.5, 0.6) is 0 Å². The van der Waals surface area contributed by atoms with Gasteiger partial charge < -0.3 is 19.5 Å². The summed E-state index contributed by atoms with van der Waals surface area (Å²) < 4.78 is 56.0. The summed E-state index contributed by atoms with van der Waals surface area (Å²) in [4.78, 5) is 28.5. The first-order chi connectivity index (χ1) is 17.5. The number of anilines is 1. The first-order valence-corrected chi connectivity index (χ1v) is 12.2. The lowest BCUT2D eigenvalue weighted by molar-refractivity contribution is -0.137. The van der Waals surface area contributed by atoms with Crippen LogP contribution >= 0.6 is 12.2 Å². The van der Waals surface area contributed by atoms with Gasteiger partial charge >= 0.3 is 12.1 Å². The van der Waals surface area contributed by atoms with E-state index < -0.39 is 29.0 Å². The number of halogens is 4. The highest BCUT2D eigenvalue weighted by molar-refractivity contribution is 7.80. The summed E-state index contributed by atoms with van der Waals surface area (Å²) >= 11 is 5.50. The molecular formula is C26H23F4N3O3S. The van der Waals surface area contributed by atoms with E-state index in [4.69, 9.17) is 12.2 Å². The van der Waals surface area contributed by atoms with Gasteiger partial charge in [-0.25, -0.2) is 9.18 Å². The van der Waals surface area contributed by atoms with Crippen molar-refractivity contribution in [2.75, 3.05) is 31.1 Å². The predicted molar refractivity (Wildman–Crippen MR) is 135 cm³/mol. The Morgan fingerprint density at radius 2 is 1.78 bits per heavy atom. The van der Waals surface area contributed by atoms with E-state index in [9.17, 15) is 27.9 Å². The van der Waals surface area contributed by atoms with Gasteiger partial charge in [0.15, 0.2) is 0 Å². The molecule has 0 atom stereocenters. The predicted octanol–water partition coefficient (Wildman–Crippen LogP) is 4.88. The molecule has 1 aliphatic carbocycles. The lowest BCUT2D eigenvalue weighted by atomic mass is 10.1. The van der Waals surface area contributed by atoms with Crippen LogP contribution in [0.2, 0.25) is 0 Å². The molecule has 0 amide bonds. The molecule has 1 saturated heterocycles. The zero-order valence-electron chi connectivity index (χ0n) is 19.6. The number of pyridine rings is 1. The summed E-state index contributed by atoms with van der Waals surface area (Å²) in [6.45, 7) is 1.77. The Bertz CT molecular complexity index is 1460. The van der Waals surface area contributed by atoms with E-state index >= 15 is 4.39 Å². The maximum atomic E-state index is 15.2. The number of carbonyl (C=O) groups is 1. The third-order valence-electron chi connectivity index (χ3n) is 6.85. The highest BCUT2D eigenvalue weighted by Gasteiger charge is 2.31. The fourth-order valence-corrected chi connectivity index (χ4v) is 5.10. The third-order valence-corrected chi connectivity index (χ3v) is 7.26. The molecule has 0 radical (unpaired) electrons. The van der Waals surface area contributed by atoms with Gasteiger partial charge in [-0.1, -0.05) is 30.4 Å². The summed E-state index contributed by atoms with van der Waals surface area (Å²) in [5.41, 5.74) is -0.528. The van der Waals surface area contributed by atoms with Crippen molar-refractivity contribution in [1.29, 1.82) is 0 Å². The minimum Gasteiger partial charge on any atom is -0.477 e. The number of aromatic nitrogens is 1. The van der Waals surface area contributed by atoms with Gasteiger partial charge in [0.2, 0.25) is 5.43 Å². The lowest BCUT2D eigenvalue weighted by Crippen LogP contribution is -2.49. The highest BCUT2D eigenvalue weighted by Crippen LogP contribution is 2.38. The Balaban J connectivity index is 1.34. The van der Waals surface area contributed by atoms with E-state index in [1.165, 1.54) is 12.3 Å². The zero-order chi connectivity index (χ0) is 26.5. The number of benzene rings is 2. The van der Waals surface area contributed by atoms with Gasteiger partial charge in [-0.3, -0.25) is 4.79 Å². The molecular weight excluding hydrogens is 510 g/mol. The maximum Gasteiger partial charge on any atom is 0.416 e. The molecule has 2 aromatic carbocycles. The molecule has 3 aromatic rings. The number of piperazine rings is 1. The molecule has 6 nitrogen and oxygen atoms in total. The molecule has 11 heteroatoms. The van der Waals surface area contributed by atoms with E-state index in [1.54, 1.807) is 16.7 Å². The molecule has 2 fully saturated rings.